The number of thiophene rings is 1. The van der Waals surface area contributed by atoms with Crippen molar-refractivity contribution in [3.63, 3.8) is 0 Å². The quantitative estimate of drug-likeness (QED) is 0.531. The van der Waals surface area contributed by atoms with Crippen molar-refractivity contribution in [2.24, 2.45) is 0 Å². The molecule has 0 saturated carbocycles. The largest absolute Gasteiger partial charge is 0.333 e. The lowest BCUT2D eigenvalue weighted by Crippen LogP contribution is -2.16. The van der Waals surface area contributed by atoms with E-state index in [0.29, 0.717) is 0 Å². The number of H-pyrrole nitrogens is 1. The second kappa shape index (κ2) is 6.64. The molecule has 3 aromatic rings. The van der Waals surface area contributed by atoms with Crippen molar-refractivity contribution in [3.05, 3.63) is 45.6 Å². The molecule has 1 aromatic carbocycles. The van der Waals surface area contributed by atoms with E-state index in [1.165, 1.54) is 16.0 Å². The van der Waals surface area contributed by atoms with Gasteiger partial charge in [0.2, 0.25) is 0 Å². The minimum absolute atomic E-state index is 0.962. The lowest BCUT2D eigenvalue weighted by atomic mass is 10.2. The van der Waals surface area contributed by atoms with Crippen LogP contribution in [-0.4, -0.2) is 22.3 Å². The first-order valence-corrected chi connectivity index (χ1v) is 8.92. The summed E-state index contributed by atoms with van der Waals surface area (Å²) in [6, 6.07) is 8.49. The van der Waals surface area contributed by atoms with Crippen LogP contribution >= 0.6 is 23.1 Å². The number of imidazole rings is 1. The number of hydrogen-bond acceptors (Lipinski definition) is 4. The van der Waals surface area contributed by atoms with Crippen molar-refractivity contribution < 1.29 is 0 Å². The van der Waals surface area contributed by atoms with Gasteiger partial charge in [-0.3, -0.25) is 0 Å². The third kappa shape index (κ3) is 3.67. The molecule has 0 spiro atoms. The van der Waals surface area contributed by atoms with E-state index in [9.17, 15) is 0 Å². The van der Waals surface area contributed by atoms with Gasteiger partial charge in [0.05, 0.1) is 11.0 Å². The molecule has 110 valence electrons. The minimum atomic E-state index is 0.962. The third-order valence-electron chi connectivity index (χ3n) is 3.39. The smallest absolute Gasteiger partial charge is 0.166 e. The van der Waals surface area contributed by atoms with Crippen molar-refractivity contribution in [1.82, 2.24) is 15.3 Å². The average molecular weight is 317 g/mol. The van der Waals surface area contributed by atoms with Gasteiger partial charge in [-0.05, 0) is 48.6 Å². The molecule has 0 radical (unpaired) electrons. The Morgan fingerprint density at radius 1 is 1.29 bits per heavy atom. The maximum Gasteiger partial charge on any atom is 0.166 e. The molecule has 5 heteroatoms. The summed E-state index contributed by atoms with van der Waals surface area (Å²) in [5.74, 6) is 1.02. The lowest BCUT2D eigenvalue weighted by Gasteiger charge is -2.02. The monoisotopic (exact) mass is 317 g/mol. The van der Waals surface area contributed by atoms with Crippen LogP contribution < -0.4 is 5.32 Å². The topological polar surface area (TPSA) is 40.7 Å². The molecular formula is C16H19N3S2. The SMILES string of the molecule is Cc1ccc2nc(SCCNCc3sccc3C)[nH]c2c1. The van der Waals surface area contributed by atoms with Gasteiger partial charge in [-0.25, -0.2) is 4.98 Å². The van der Waals surface area contributed by atoms with Gasteiger partial charge in [0, 0.05) is 23.7 Å². The molecule has 0 aliphatic rings. The second-order valence-corrected chi connectivity index (χ2v) is 7.20. The zero-order valence-electron chi connectivity index (χ0n) is 12.3. The fourth-order valence-corrected chi connectivity index (χ4v) is 3.84. The number of aryl methyl sites for hydroxylation is 2. The third-order valence-corrected chi connectivity index (χ3v) is 5.29. The van der Waals surface area contributed by atoms with Crippen LogP contribution in [0.3, 0.4) is 0 Å². The molecule has 0 amide bonds. The summed E-state index contributed by atoms with van der Waals surface area (Å²) in [7, 11) is 0. The zero-order chi connectivity index (χ0) is 14.7. The Morgan fingerprint density at radius 2 is 2.19 bits per heavy atom. The highest BCUT2D eigenvalue weighted by atomic mass is 32.2. The van der Waals surface area contributed by atoms with Gasteiger partial charge in [-0.2, -0.15) is 0 Å². The Bertz CT molecular complexity index is 730. The van der Waals surface area contributed by atoms with Crippen molar-refractivity contribution in [2.45, 2.75) is 25.5 Å². The molecule has 0 aliphatic carbocycles. The number of aromatic nitrogens is 2. The summed E-state index contributed by atoms with van der Waals surface area (Å²) in [4.78, 5) is 9.40. The molecular weight excluding hydrogens is 298 g/mol. The van der Waals surface area contributed by atoms with Gasteiger partial charge in [0.1, 0.15) is 0 Å². The summed E-state index contributed by atoms with van der Waals surface area (Å²) in [5, 5.41) is 6.64. The molecule has 0 atom stereocenters. The number of thioether (sulfide) groups is 1. The van der Waals surface area contributed by atoms with Crippen molar-refractivity contribution in [3.8, 4) is 0 Å². The predicted molar refractivity (Wildman–Crippen MR) is 92.3 cm³/mol. The minimum Gasteiger partial charge on any atom is -0.333 e. The molecule has 2 heterocycles. The molecule has 2 aromatic heterocycles. The van der Waals surface area contributed by atoms with Crippen LogP contribution in [0.1, 0.15) is 16.0 Å². The maximum atomic E-state index is 4.60. The molecule has 3 rings (SSSR count). The summed E-state index contributed by atoms with van der Waals surface area (Å²) >= 11 is 3.59. The van der Waals surface area contributed by atoms with E-state index in [2.05, 4.69) is 58.8 Å². The molecule has 0 aliphatic heterocycles. The van der Waals surface area contributed by atoms with Crippen LogP contribution in [0.2, 0.25) is 0 Å². The molecule has 2 N–H and O–H groups in total. The van der Waals surface area contributed by atoms with E-state index in [-0.39, 0.29) is 0 Å². The van der Waals surface area contributed by atoms with Gasteiger partial charge in [-0.15, -0.1) is 11.3 Å². The molecule has 0 saturated heterocycles. The maximum absolute atomic E-state index is 4.60. The molecule has 3 nitrogen and oxygen atoms in total. The fraction of sp³-hybridized carbons (Fsp3) is 0.312. The number of nitrogens with zero attached hydrogens (tertiary/aromatic N) is 1. The molecule has 0 unspecified atom stereocenters. The second-order valence-electron chi connectivity index (χ2n) is 5.11. The first-order chi connectivity index (χ1) is 10.2. The van der Waals surface area contributed by atoms with Crippen LogP contribution in [0.4, 0.5) is 0 Å². The first-order valence-electron chi connectivity index (χ1n) is 7.05. The highest BCUT2D eigenvalue weighted by molar-refractivity contribution is 7.99. The van der Waals surface area contributed by atoms with E-state index < -0.39 is 0 Å². The molecule has 21 heavy (non-hydrogen) atoms. The predicted octanol–water partition coefficient (Wildman–Crippen LogP) is 4.12. The van der Waals surface area contributed by atoms with Crippen molar-refractivity contribution in [1.29, 1.82) is 0 Å². The number of hydrogen-bond donors (Lipinski definition) is 2. The fourth-order valence-electron chi connectivity index (χ4n) is 2.18. The number of aromatic amines is 1. The van der Waals surface area contributed by atoms with Crippen LogP contribution in [0.25, 0.3) is 11.0 Å². The van der Waals surface area contributed by atoms with Gasteiger partial charge in [0.25, 0.3) is 0 Å². The normalized spacial score (nSPS) is 11.3. The van der Waals surface area contributed by atoms with Crippen LogP contribution in [-0.2, 0) is 6.54 Å². The first kappa shape index (κ1) is 14.6. The van der Waals surface area contributed by atoms with E-state index in [4.69, 9.17) is 0 Å². The summed E-state index contributed by atoms with van der Waals surface area (Å²) in [6.07, 6.45) is 0. The number of fused-ring (bicyclic) bond motifs is 1. The van der Waals surface area contributed by atoms with Gasteiger partial charge in [-0.1, -0.05) is 17.8 Å². The Kier molecular flexibility index (Phi) is 4.63. The van der Waals surface area contributed by atoms with Crippen LogP contribution in [0.15, 0.2) is 34.8 Å². The summed E-state index contributed by atoms with van der Waals surface area (Å²) in [6.45, 7) is 6.21. The van der Waals surface area contributed by atoms with Crippen LogP contribution in [0, 0.1) is 13.8 Å². The number of benzene rings is 1. The highest BCUT2D eigenvalue weighted by Gasteiger charge is 2.03. The number of nitrogens with one attached hydrogen (secondary N) is 2. The number of rotatable bonds is 6. The van der Waals surface area contributed by atoms with E-state index in [0.717, 1.165) is 35.0 Å². The Labute approximate surface area is 133 Å². The van der Waals surface area contributed by atoms with Gasteiger partial charge < -0.3 is 10.3 Å². The van der Waals surface area contributed by atoms with E-state index >= 15 is 0 Å². The van der Waals surface area contributed by atoms with Gasteiger partial charge >= 0.3 is 0 Å². The van der Waals surface area contributed by atoms with Crippen LogP contribution in [0.5, 0.6) is 0 Å². The molecule has 0 bridgehead atoms. The van der Waals surface area contributed by atoms with E-state index in [1.54, 1.807) is 11.8 Å². The summed E-state index contributed by atoms with van der Waals surface area (Å²) in [5.41, 5.74) is 4.81. The standard InChI is InChI=1S/C16H19N3S2/c1-11-3-4-13-14(9-11)19-16(18-13)21-8-6-17-10-15-12(2)5-7-20-15/h3-5,7,9,17H,6,8,10H2,1-2H3,(H,18,19). The van der Waals surface area contributed by atoms with Crippen molar-refractivity contribution in [2.75, 3.05) is 12.3 Å². The summed E-state index contributed by atoms with van der Waals surface area (Å²) < 4.78 is 0. The van der Waals surface area contributed by atoms with E-state index in [1.807, 2.05) is 11.3 Å². The van der Waals surface area contributed by atoms with Gasteiger partial charge in [0.15, 0.2) is 5.16 Å². The Balaban J connectivity index is 1.47. The average Bonchev–Trinajstić information content (AvgIpc) is 3.04. The van der Waals surface area contributed by atoms with Crippen molar-refractivity contribution >= 4 is 34.1 Å². The zero-order valence-corrected chi connectivity index (χ0v) is 13.9. The Morgan fingerprint density at radius 3 is 3.00 bits per heavy atom. The molecule has 0 fully saturated rings. The Hall–Kier alpha value is -1.30. The highest BCUT2D eigenvalue weighted by Crippen LogP contribution is 2.20. The lowest BCUT2D eigenvalue weighted by molar-refractivity contribution is 0.737.